The number of hydrazine groups is 1. The van der Waals surface area contributed by atoms with Gasteiger partial charge in [0.1, 0.15) is 12.4 Å². The number of amides is 1. The van der Waals surface area contributed by atoms with Crippen LogP contribution in [-0.2, 0) is 24.2 Å². The monoisotopic (exact) mass is 467 g/mol. The zero-order valence-corrected chi connectivity index (χ0v) is 20.7. The molecule has 1 amide bonds. The van der Waals surface area contributed by atoms with E-state index in [2.05, 4.69) is 49.1 Å². The van der Waals surface area contributed by atoms with Crippen LogP contribution in [0.15, 0.2) is 42.5 Å². The summed E-state index contributed by atoms with van der Waals surface area (Å²) in [6.07, 6.45) is 1.11. The molecule has 0 aromatic heterocycles. The molecule has 1 heterocycles. The second kappa shape index (κ2) is 12.0. The van der Waals surface area contributed by atoms with Crippen molar-refractivity contribution in [2.45, 2.75) is 53.2 Å². The standard InChI is InChI=1S/C27H37N3O4/c1-5-29-16-24(17-30(29)6-2)28-25(31)15-23-9-7-8-22(14-19(3)4)26(23)34-18-20-10-12-21(13-11-20)27(32)33/h7-13,19,24H,5-6,14-18H2,1-4H3,(H,28,31)(H,32,33). The summed E-state index contributed by atoms with van der Waals surface area (Å²) in [4.78, 5) is 24.1. The molecule has 2 N–H and O–H groups in total. The van der Waals surface area contributed by atoms with E-state index in [1.165, 1.54) is 0 Å². The minimum atomic E-state index is -0.950. The Bertz CT molecular complexity index is 962. The molecule has 0 spiro atoms. The lowest BCUT2D eigenvalue weighted by Crippen LogP contribution is -2.39. The van der Waals surface area contributed by atoms with Gasteiger partial charge in [-0.2, -0.15) is 0 Å². The van der Waals surface area contributed by atoms with Gasteiger partial charge in [-0.25, -0.2) is 14.8 Å². The third-order valence-electron chi connectivity index (χ3n) is 6.10. The molecule has 1 aliphatic rings. The minimum absolute atomic E-state index is 0.00337. The largest absolute Gasteiger partial charge is 0.488 e. The van der Waals surface area contributed by atoms with Gasteiger partial charge in [-0.1, -0.05) is 58.0 Å². The average Bonchev–Trinajstić information content (AvgIpc) is 3.20. The van der Waals surface area contributed by atoms with Crippen molar-refractivity contribution in [1.29, 1.82) is 0 Å². The highest BCUT2D eigenvalue weighted by molar-refractivity contribution is 5.87. The van der Waals surface area contributed by atoms with Gasteiger partial charge in [-0.15, -0.1) is 0 Å². The number of nitrogens with one attached hydrogen (secondary N) is 1. The predicted molar refractivity (Wildman–Crippen MR) is 133 cm³/mol. The first-order chi connectivity index (χ1) is 16.3. The molecule has 1 aliphatic heterocycles. The number of aromatic carboxylic acids is 1. The van der Waals surface area contributed by atoms with Crippen molar-refractivity contribution in [3.8, 4) is 5.75 Å². The molecule has 0 atom stereocenters. The number of carbonyl (C=O) groups excluding carboxylic acids is 1. The fourth-order valence-corrected chi connectivity index (χ4v) is 4.46. The van der Waals surface area contributed by atoms with Gasteiger partial charge in [0.05, 0.1) is 18.0 Å². The maximum absolute atomic E-state index is 13.0. The summed E-state index contributed by atoms with van der Waals surface area (Å²) < 4.78 is 6.25. The Morgan fingerprint density at radius 1 is 1.03 bits per heavy atom. The number of para-hydroxylation sites is 1. The Kier molecular flexibility index (Phi) is 9.07. The van der Waals surface area contributed by atoms with Gasteiger partial charge < -0.3 is 15.2 Å². The predicted octanol–water partition coefficient (Wildman–Crippen LogP) is 3.76. The Morgan fingerprint density at radius 2 is 1.65 bits per heavy atom. The molecule has 1 fully saturated rings. The van der Waals surface area contributed by atoms with Crippen LogP contribution in [0.25, 0.3) is 0 Å². The lowest BCUT2D eigenvalue weighted by atomic mass is 9.98. The van der Waals surface area contributed by atoms with Crippen molar-refractivity contribution in [3.05, 3.63) is 64.7 Å². The number of carboxylic acid groups (broad SMARTS) is 1. The molecule has 3 rings (SSSR count). The van der Waals surface area contributed by atoms with E-state index in [-0.39, 0.29) is 23.9 Å². The third-order valence-corrected chi connectivity index (χ3v) is 6.10. The highest BCUT2D eigenvalue weighted by Gasteiger charge is 2.29. The summed E-state index contributed by atoms with van der Waals surface area (Å²) in [5.74, 6) is 0.246. The Balaban J connectivity index is 1.72. The normalized spacial score (nSPS) is 15.1. The van der Waals surface area contributed by atoms with Crippen molar-refractivity contribution in [1.82, 2.24) is 15.3 Å². The van der Waals surface area contributed by atoms with Gasteiger partial charge >= 0.3 is 5.97 Å². The van der Waals surface area contributed by atoms with Gasteiger partial charge in [-0.3, -0.25) is 4.79 Å². The van der Waals surface area contributed by atoms with Crippen LogP contribution in [0.4, 0.5) is 0 Å². The Hall–Kier alpha value is -2.90. The second-order valence-corrected chi connectivity index (χ2v) is 9.25. The number of likely N-dealkylation sites (N-methyl/N-ethyl adjacent to an activating group) is 2. The number of benzene rings is 2. The van der Waals surface area contributed by atoms with Crippen LogP contribution < -0.4 is 10.1 Å². The van der Waals surface area contributed by atoms with E-state index in [1.807, 2.05) is 12.1 Å². The van der Waals surface area contributed by atoms with E-state index in [1.54, 1.807) is 24.3 Å². The molecule has 2 aromatic rings. The minimum Gasteiger partial charge on any atom is -0.488 e. The number of hydrogen-bond donors (Lipinski definition) is 2. The molecule has 34 heavy (non-hydrogen) atoms. The summed E-state index contributed by atoms with van der Waals surface area (Å²) in [5, 5.41) is 16.9. The number of carbonyl (C=O) groups is 2. The van der Waals surface area contributed by atoms with Gasteiger partial charge in [0.15, 0.2) is 0 Å². The lowest BCUT2D eigenvalue weighted by Gasteiger charge is -2.24. The van der Waals surface area contributed by atoms with Crippen LogP contribution in [0.2, 0.25) is 0 Å². The third kappa shape index (κ3) is 6.81. The zero-order chi connectivity index (χ0) is 24.7. The molecule has 7 heteroatoms. The molecule has 184 valence electrons. The lowest BCUT2D eigenvalue weighted by molar-refractivity contribution is -0.121. The van der Waals surface area contributed by atoms with Gasteiger partial charge in [0.2, 0.25) is 5.91 Å². The Morgan fingerprint density at radius 3 is 2.21 bits per heavy atom. The second-order valence-electron chi connectivity index (χ2n) is 9.25. The van der Waals surface area contributed by atoms with Crippen LogP contribution in [0, 0.1) is 5.92 Å². The van der Waals surface area contributed by atoms with Crippen molar-refractivity contribution in [2.24, 2.45) is 5.92 Å². The van der Waals surface area contributed by atoms with Gasteiger partial charge in [-0.05, 0) is 35.6 Å². The molecule has 0 bridgehead atoms. The highest BCUT2D eigenvalue weighted by Crippen LogP contribution is 2.28. The molecule has 2 aromatic carbocycles. The molecular weight excluding hydrogens is 430 g/mol. The number of rotatable bonds is 11. The fraction of sp³-hybridized carbons (Fsp3) is 0.481. The molecule has 0 radical (unpaired) electrons. The molecule has 7 nitrogen and oxygen atoms in total. The first-order valence-electron chi connectivity index (χ1n) is 12.2. The maximum Gasteiger partial charge on any atom is 0.335 e. The van der Waals surface area contributed by atoms with Crippen LogP contribution in [0.1, 0.15) is 54.7 Å². The van der Waals surface area contributed by atoms with Crippen LogP contribution >= 0.6 is 0 Å². The molecule has 0 saturated carbocycles. The van der Waals surface area contributed by atoms with Crippen molar-refractivity contribution >= 4 is 11.9 Å². The van der Waals surface area contributed by atoms with Crippen LogP contribution in [0.3, 0.4) is 0 Å². The molecule has 0 aliphatic carbocycles. The number of hydrogen-bond acceptors (Lipinski definition) is 5. The molecule has 1 saturated heterocycles. The van der Waals surface area contributed by atoms with Gasteiger partial charge in [0, 0.05) is 31.7 Å². The van der Waals surface area contributed by atoms with Crippen molar-refractivity contribution < 1.29 is 19.4 Å². The summed E-state index contributed by atoms with van der Waals surface area (Å²) in [7, 11) is 0. The van der Waals surface area contributed by atoms with E-state index in [0.29, 0.717) is 12.5 Å². The maximum atomic E-state index is 13.0. The number of nitrogens with zero attached hydrogens (tertiary/aromatic N) is 2. The van der Waals surface area contributed by atoms with E-state index >= 15 is 0 Å². The number of carboxylic acids is 1. The first-order valence-corrected chi connectivity index (χ1v) is 12.2. The smallest absolute Gasteiger partial charge is 0.335 e. The van der Waals surface area contributed by atoms with Crippen molar-refractivity contribution in [3.63, 3.8) is 0 Å². The molecule has 0 unspecified atom stereocenters. The van der Waals surface area contributed by atoms with Gasteiger partial charge in [0.25, 0.3) is 0 Å². The van der Waals surface area contributed by atoms with E-state index in [9.17, 15) is 9.59 Å². The first kappa shape index (κ1) is 25.7. The van der Waals surface area contributed by atoms with E-state index < -0.39 is 5.97 Å². The van der Waals surface area contributed by atoms with Crippen molar-refractivity contribution in [2.75, 3.05) is 26.2 Å². The average molecular weight is 468 g/mol. The Labute approximate surface area is 202 Å². The van der Waals surface area contributed by atoms with E-state index in [4.69, 9.17) is 9.84 Å². The summed E-state index contributed by atoms with van der Waals surface area (Å²) >= 11 is 0. The van der Waals surface area contributed by atoms with Crippen LogP contribution in [0.5, 0.6) is 5.75 Å². The van der Waals surface area contributed by atoms with Crippen LogP contribution in [-0.4, -0.2) is 59.2 Å². The topological polar surface area (TPSA) is 82.1 Å². The number of ether oxygens (including phenoxy) is 1. The summed E-state index contributed by atoms with van der Waals surface area (Å²) in [5.41, 5.74) is 3.08. The quantitative estimate of drug-likeness (QED) is 0.524. The fourth-order valence-electron chi connectivity index (χ4n) is 4.46. The highest BCUT2D eigenvalue weighted by atomic mass is 16.5. The SMILES string of the molecule is CCN1CC(NC(=O)Cc2cccc(CC(C)C)c2OCc2ccc(C(=O)O)cc2)CN1CC. The zero-order valence-electron chi connectivity index (χ0n) is 20.7. The summed E-state index contributed by atoms with van der Waals surface area (Å²) in [6.45, 7) is 12.4. The van der Waals surface area contributed by atoms with E-state index in [0.717, 1.165) is 55.0 Å². The summed E-state index contributed by atoms with van der Waals surface area (Å²) in [6, 6.07) is 12.8. The molecular formula is C27H37N3O4.